The Kier molecular flexibility index (Phi) is 4.51. The molecule has 0 atom stereocenters. The highest BCUT2D eigenvalue weighted by Gasteiger charge is 2.28. The molecule has 1 aliphatic heterocycles. The van der Waals surface area contributed by atoms with Crippen molar-refractivity contribution in [1.29, 1.82) is 0 Å². The summed E-state index contributed by atoms with van der Waals surface area (Å²) in [6.45, 7) is 0. The lowest BCUT2D eigenvalue weighted by Crippen LogP contribution is -2.09. The first-order valence-electron chi connectivity index (χ1n) is 7.74. The summed E-state index contributed by atoms with van der Waals surface area (Å²) in [5.41, 5.74) is 0.356. The number of hydrogen-bond acceptors (Lipinski definition) is 6. The molecule has 0 bridgehead atoms. The Labute approximate surface area is 164 Å². The van der Waals surface area contributed by atoms with E-state index in [-0.39, 0.29) is 27.9 Å². The summed E-state index contributed by atoms with van der Waals surface area (Å²) >= 11 is 7.25. The molecule has 5 nitrogen and oxygen atoms in total. The van der Waals surface area contributed by atoms with Crippen LogP contribution in [-0.2, 0) is 10.1 Å². The fraction of sp³-hybridized carbons (Fsp3) is 0. The molecule has 1 aromatic heterocycles. The molecule has 3 aromatic rings. The Morgan fingerprint density at radius 1 is 1.07 bits per heavy atom. The highest BCUT2D eigenvalue weighted by Crippen LogP contribution is 2.36. The Hall–Kier alpha value is -2.61. The lowest BCUT2D eigenvalue weighted by molar-refractivity contribution is 0.101. The summed E-state index contributed by atoms with van der Waals surface area (Å²) in [6.07, 6.45) is 1.65. The summed E-state index contributed by atoms with van der Waals surface area (Å²) < 4.78 is 35.5. The number of ketones is 1. The van der Waals surface area contributed by atoms with Crippen LogP contribution >= 0.6 is 22.9 Å². The van der Waals surface area contributed by atoms with E-state index in [0.29, 0.717) is 10.6 Å². The normalized spacial score (nSPS) is 14.9. The summed E-state index contributed by atoms with van der Waals surface area (Å²) in [7, 11) is -4.03. The van der Waals surface area contributed by atoms with Crippen molar-refractivity contribution in [3.8, 4) is 11.5 Å². The second-order valence-corrected chi connectivity index (χ2v) is 8.57. The minimum absolute atomic E-state index is 0.0253. The summed E-state index contributed by atoms with van der Waals surface area (Å²) in [6, 6.07) is 13.7. The Bertz CT molecular complexity index is 1150. The highest BCUT2D eigenvalue weighted by atomic mass is 35.5. The van der Waals surface area contributed by atoms with Crippen LogP contribution in [0.2, 0.25) is 5.02 Å². The van der Waals surface area contributed by atoms with Gasteiger partial charge in [0.1, 0.15) is 16.4 Å². The number of halogens is 1. The molecule has 0 saturated carbocycles. The SMILES string of the molecule is O=C1C(=Cc2cccs2)Oc2cc(OS(=O)(=O)c3ccc(Cl)cc3)ccc21. The first-order chi connectivity index (χ1) is 12.9. The van der Waals surface area contributed by atoms with Gasteiger partial charge in [-0.05, 0) is 47.8 Å². The zero-order valence-corrected chi connectivity index (χ0v) is 16.0. The smallest absolute Gasteiger partial charge is 0.339 e. The van der Waals surface area contributed by atoms with E-state index in [1.165, 1.54) is 53.8 Å². The predicted molar refractivity (Wildman–Crippen MR) is 103 cm³/mol. The van der Waals surface area contributed by atoms with Crippen LogP contribution in [0.15, 0.2) is 70.6 Å². The average molecular weight is 419 g/mol. The van der Waals surface area contributed by atoms with Crippen molar-refractivity contribution < 1.29 is 22.1 Å². The van der Waals surface area contributed by atoms with Gasteiger partial charge in [0.2, 0.25) is 5.78 Å². The summed E-state index contributed by atoms with van der Waals surface area (Å²) in [5.74, 6) is 0.233. The standard InChI is InChI=1S/C19H11ClO5S2/c20-12-3-6-15(7-4-12)27(22,23)25-13-5-8-16-17(10-13)24-18(19(16)21)11-14-2-1-9-26-14/h1-11H. The van der Waals surface area contributed by atoms with Gasteiger partial charge in [0.15, 0.2) is 5.76 Å². The molecule has 4 rings (SSSR count). The fourth-order valence-electron chi connectivity index (χ4n) is 2.50. The van der Waals surface area contributed by atoms with E-state index in [2.05, 4.69) is 0 Å². The highest BCUT2D eigenvalue weighted by molar-refractivity contribution is 7.87. The number of fused-ring (bicyclic) bond motifs is 1. The number of carbonyl (C=O) groups excluding carboxylic acids is 1. The minimum Gasteiger partial charge on any atom is -0.452 e. The van der Waals surface area contributed by atoms with Crippen molar-refractivity contribution in [3.05, 3.63) is 81.2 Å². The van der Waals surface area contributed by atoms with E-state index in [4.69, 9.17) is 20.5 Å². The van der Waals surface area contributed by atoms with E-state index in [1.807, 2.05) is 17.5 Å². The molecule has 0 aliphatic carbocycles. The molecule has 1 aliphatic rings. The minimum atomic E-state index is -4.03. The van der Waals surface area contributed by atoms with Crippen LogP contribution in [0.5, 0.6) is 11.5 Å². The van der Waals surface area contributed by atoms with Gasteiger partial charge in [0.05, 0.1) is 5.56 Å². The third-order valence-electron chi connectivity index (χ3n) is 3.77. The lowest BCUT2D eigenvalue weighted by atomic mass is 10.1. The summed E-state index contributed by atoms with van der Waals surface area (Å²) in [4.78, 5) is 13.3. The van der Waals surface area contributed by atoms with Gasteiger partial charge in [-0.25, -0.2) is 0 Å². The third-order valence-corrected chi connectivity index (χ3v) is 6.10. The van der Waals surface area contributed by atoms with Crippen LogP contribution in [0.25, 0.3) is 6.08 Å². The summed E-state index contributed by atoms with van der Waals surface area (Å²) in [5, 5.41) is 2.32. The second kappa shape index (κ2) is 6.84. The average Bonchev–Trinajstić information content (AvgIpc) is 3.24. The first kappa shape index (κ1) is 17.8. The van der Waals surface area contributed by atoms with Crippen LogP contribution in [0.3, 0.4) is 0 Å². The van der Waals surface area contributed by atoms with Gasteiger partial charge < -0.3 is 8.92 Å². The number of rotatable bonds is 4. The molecule has 0 N–H and O–H groups in total. The van der Waals surface area contributed by atoms with E-state index in [0.717, 1.165) is 4.88 Å². The quantitative estimate of drug-likeness (QED) is 0.450. The molecule has 0 fully saturated rings. The molecule has 8 heteroatoms. The van der Waals surface area contributed by atoms with E-state index in [1.54, 1.807) is 6.08 Å². The lowest BCUT2D eigenvalue weighted by Gasteiger charge is -2.08. The largest absolute Gasteiger partial charge is 0.452 e. The van der Waals surface area contributed by atoms with Gasteiger partial charge >= 0.3 is 10.1 Å². The molecule has 2 heterocycles. The molecular formula is C19H11ClO5S2. The van der Waals surface area contributed by atoms with Crippen molar-refractivity contribution in [2.75, 3.05) is 0 Å². The molecule has 0 saturated heterocycles. The Balaban J connectivity index is 1.60. The number of allylic oxidation sites excluding steroid dienone is 1. The molecule has 2 aromatic carbocycles. The van der Waals surface area contributed by atoms with Crippen molar-refractivity contribution in [2.24, 2.45) is 0 Å². The van der Waals surface area contributed by atoms with E-state index >= 15 is 0 Å². The van der Waals surface area contributed by atoms with Crippen molar-refractivity contribution >= 4 is 44.9 Å². The Morgan fingerprint density at radius 2 is 1.85 bits per heavy atom. The number of ether oxygens (including phenoxy) is 1. The van der Waals surface area contributed by atoms with Crippen molar-refractivity contribution in [2.45, 2.75) is 4.90 Å². The van der Waals surface area contributed by atoms with Gasteiger partial charge in [-0.3, -0.25) is 4.79 Å². The first-order valence-corrected chi connectivity index (χ1v) is 10.4. The maximum absolute atomic E-state index is 12.4. The molecule has 27 heavy (non-hydrogen) atoms. The van der Waals surface area contributed by atoms with Gasteiger partial charge in [-0.15, -0.1) is 11.3 Å². The molecule has 136 valence electrons. The third kappa shape index (κ3) is 3.62. The molecule has 0 spiro atoms. The predicted octanol–water partition coefficient (Wildman–Crippen LogP) is 4.79. The number of carbonyl (C=O) groups is 1. The van der Waals surface area contributed by atoms with Crippen LogP contribution in [-0.4, -0.2) is 14.2 Å². The molecule has 0 unspecified atom stereocenters. The molecule has 0 radical (unpaired) electrons. The number of benzene rings is 2. The number of hydrogen-bond donors (Lipinski definition) is 0. The Morgan fingerprint density at radius 3 is 2.56 bits per heavy atom. The number of thiophene rings is 1. The van der Waals surface area contributed by atoms with Gasteiger partial charge in [-0.2, -0.15) is 8.42 Å². The maximum Gasteiger partial charge on any atom is 0.339 e. The zero-order valence-electron chi connectivity index (χ0n) is 13.6. The van der Waals surface area contributed by atoms with E-state index < -0.39 is 10.1 Å². The van der Waals surface area contributed by atoms with Crippen molar-refractivity contribution in [3.63, 3.8) is 0 Å². The monoisotopic (exact) mass is 418 g/mol. The van der Waals surface area contributed by atoms with Gasteiger partial charge in [0.25, 0.3) is 0 Å². The maximum atomic E-state index is 12.4. The van der Waals surface area contributed by atoms with Crippen LogP contribution < -0.4 is 8.92 Å². The van der Waals surface area contributed by atoms with Crippen LogP contribution in [0.1, 0.15) is 15.2 Å². The molecular weight excluding hydrogens is 408 g/mol. The van der Waals surface area contributed by atoms with Gasteiger partial charge in [0, 0.05) is 22.0 Å². The van der Waals surface area contributed by atoms with Crippen LogP contribution in [0, 0.1) is 0 Å². The van der Waals surface area contributed by atoms with E-state index in [9.17, 15) is 13.2 Å². The second-order valence-electron chi connectivity index (χ2n) is 5.60. The fourth-order valence-corrected chi connectivity index (χ4v) is 4.19. The van der Waals surface area contributed by atoms with Crippen molar-refractivity contribution in [1.82, 2.24) is 0 Å². The molecule has 0 amide bonds. The van der Waals surface area contributed by atoms with Crippen LogP contribution in [0.4, 0.5) is 0 Å². The number of Topliss-reactive ketones (excluding diaryl/α,β-unsaturated/α-hetero) is 1. The van der Waals surface area contributed by atoms with Gasteiger partial charge in [-0.1, -0.05) is 17.7 Å². The zero-order chi connectivity index (χ0) is 19.0. The topological polar surface area (TPSA) is 69.7 Å².